The zero-order valence-electron chi connectivity index (χ0n) is 6.93. The van der Waals surface area contributed by atoms with Gasteiger partial charge in [-0.25, -0.2) is 9.78 Å². The van der Waals surface area contributed by atoms with Crippen LogP contribution in [0.4, 0.5) is 5.69 Å². The molecule has 1 aliphatic rings. The van der Waals surface area contributed by atoms with Crippen LogP contribution in [0.25, 0.3) is 0 Å². The van der Waals surface area contributed by atoms with E-state index in [1.54, 1.807) is 12.1 Å². The van der Waals surface area contributed by atoms with Crippen LogP contribution >= 0.6 is 0 Å². The Morgan fingerprint density at radius 2 is 2.43 bits per heavy atom. The molecule has 1 atom stereocenters. The molecule has 0 aliphatic carbocycles. The van der Waals surface area contributed by atoms with Crippen LogP contribution in [0.3, 0.4) is 0 Å². The molecule has 72 valence electrons. The molecule has 1 amide bonds. The van der Waals surface area contributed by atoms with Crippen molar-refractivity contribution in [3.05, 3.63) is 18.3 Å². The summed E-state index contributed by atoms with van der Waals surface area (Å²) in [6, 6.07) is 3.20. The van der Waals surface area contributed by atoms with Gasteiger partial charge in [-0.15, -0.1) is 0 Å². The lowest BCUT2D eigenvalue weighted by Crippen LogP contribution is -2.43. The molecule has 0 aromatic carbocycles. The van der Waals surface area contributed by atoms with Crippen LogP contribution < -0.4 is 10.1 Å². The lowest BCUT2D eigenvalue weighted by Gasteiger charge is -2.21. The van der Waals surface area contributed by atoms with Crippen molar-refractivity contribution in [1.29, 1.82) is 0 Å². The first kappa shape index (κ1) is 8.49. The fourth-order valence-corrected chi connectivity index (χ4v) is 1.11. The van der Waals surface area contributed by atoms with Crippen molar-refractivity contribution in [1.82, 2.24) is 4.98 Å². The number of nitrogens with zero attached hydrogens (tertiary/aromatic N) is 1. The van der Waals surface area contributed by atoms with Crippen LogP contribution in [-0.4, -0.2) is 28.1 Å². The molecular formula is C8H6N2O4. The van der Waals surface area contributed by atoms with E-state index in [2.05, 4.69) is 10.3 Å². The molecular weight excluding hydrogens is 188 g/mol. The first-order valence-corrected chi connectivity index (χ1v) is 3.84. The zero-order chi connectivity index (χ0) is 10.1. The largest absolute Gasteiger partial charge is 0.478 e. The normalized spacial score (nSPS) is 19.1. The van der Waals surface area contributed by atoms with Gasteiger partial charge >= 0.3 is 5.97 Å². The van der Waals surface area contributed by atoms with Crippen molar-refractivity contribution in [2.45, 2.75) is 6.10 Å². The Kier molecular flexibility index (Phi) is 1.81. The zero-order valence-corrected chi connectivity index (χ0v) is 6.93. The average molecular weight is 194 g/mol. The molecule has 0 radical (unpaired) electrons. The smallest absolute Gasteiger partial charge is 0.355 e. The summed E-state index contributed by atoms with van der Waals surface area (Å²) in [6.45, 7) is 0. The lowest BCUT2D eigenvalue weighted by atomic mass is 10.2. The molecule has 1 aromatic rings. The number of pyridine rings is 1. The van der Waals surface area contributed by atoms with E-state index in [1.165, 1.54) is 6.20 Å². The molecule has 6 heteroatoms. The number of anilines is 1. The Morgan fingerprint density at radius 1 is 1.64 bits per heavy atom. The molecule has 0 bridgehead atoms. The van der Waals surface area contributed by atoms with Gasteiger partial charge in [0.05, 0.1) is 0 Å². The summed E-state index contributed by atoms with van der Waals surface area (Å²) in [5.74, 6) is -1.91. The minimum Gasteiger partial charge on any atom is -0.478 e. The molecule has 1 aliphatic heterocycles. The van der Waals surface area contributed by atoms with Gasteiger partial charge in [0, 0.05) is 6.20 Å². The van der Waals surface area contributed by atoms with Crippen molar-refractivity contribution in [2.24, 2.45) is 0 Å². The quantitative estimate of drug-likeness (QED) is 0.607. The number of carboxylic acids is 1. The Hall–Kier alpha value is -2.11. The molecule has 2 heterocycles. The van der Waals surface area contributed by atoms with Crippen molar-refractivity contribution in [3.63, 3.8) is 0 Å². The summed E-state index contributed by atoms with van der Waals surface area (Å²) in [5, 5.41) is 11.0. The van der Waals surface area contributed by atoms with E-state index in [1.807, 2.05) is 0 Å². The summed E-state index contributed by atoms with van der Waals surface area (Å²) in [6.07, 6.45) is -0.0627. The van der Waals surface area contributed by atoms with Crippen molar-refractivity contribution >= 4 is 17.6 Å². The van der Waals surface area contributed by atoms with Crippen molar-refractivity contribution in [2.75, 3.05) is 5.32 Å². The van der Waals surface area contributed by atoms with Crippen LogP contribution in [0.15, 0.2) is 18.3 Å². The fourth-order valence-electron chi connectivity index (χ4n) is 1.11. The Labute approximate surface area is 78.5 Å². The van der Waals surface area contributed by atoms with E-state index in [4.69, 9.17) is 9.84 Å². The van der Waals surface area contributed by atoms with Gasteiger partial charge in [0.25, 0.3) is 12.0 Å². The first-order chi connectivity index (χ1) is 6.68. The average Bonchev–Trinajstić information content (AvgIpc) is 2.16. The second kappa shape index (κ2) is 2.99. The van der Waals surface area contributed by atoms with E-state index in [9.17, 15) is 9.59 Å². The summed E-state index contributed by atoms with van der Waals surface area (Å²) < 4.78 is 4.88. The highest BCUT2D eigenvalue weighted by Crippen LogP contribution is 2.25. The molecule has 0 unspecified atom stereocenters. The van der Waals surface area contributed by atoms with E-state index in [0.29, 0.717) is 5.69 Å². The highest BCUT2D eigenvalue weighted by Gasteiger charge is 2.34. The van der Waals surface area contributed by atoms with Crippen molar-refractivity contribution < 1.29 is 19.4 Å². The number of amides is 1. The maximum atomic E-state index is 11.2. The summed E-state index contributed by atoms with van der Waals surface area (Å²) >= 11 is 0. The van der Waals surface area contributed by atoms with E-state index in [-0.39, 0.29) is 5.88 Å². The van der Waals surface area contributed by atoms with Gasteiger partial charge in [0.1, 0.15) is 5.69 Å². The molecule has 0 saturated heterocycles. The number of ether oxygens (including phenoxy) is 1. The number of carbonyl (C=O) groups excluding carboxylic acids is 1. The third-order valence-electron chi connectivity index (χ3n) is 1.72. The highest BCUT2D eigenvalue weighted by atomic mass is 16.5. The second-order valence-electron chi connectivity index (χ2n) is 2.68. The molecule has 2 N–H and O–H groups in total. The van der Waals surface area contributed by atoms with Gasteiger partial charge in [-0.2, -0.15) is 0 Å². The molecule has 1 aromatic heterocycles. The number of carboxylic acid groups (broad SMARTS) is 1. The fraction of sp³-hybridized carbons (Fsp3) is 0.125. The Balaban J connectivity index is 2.36. The van der Waals surface area contributed by atoms with Crippen molar-refractivity contribution in [3.8, 4) is 5.88 Å². The van der Waals surface area contributed by atoms with Gasteiger partial charge in [0.15, 0.2) is 0 Å². The third kappa shape index (κ3) is 1.26. The molecule has 2 rings (SSSR count). The maximum absolute atomic E-state index is 11.2. The first-order valence-electron chi connectivity index (χ1n) is 3.84. The van der Waals surface area contributed by atoms with Crippen LogP contribution in [0, 0.1) is 0 Å². The molecule has 6 nitrogen and oxygen atoms in total. The number of rotatable bonds is 1. The number of aromatic nitrogens is 1. The van der Waals surface area contributed by atoms with E-state index < -0.39 is 18.0 Å². The molecule has 0 fully saturated rings. The third-order valence-corrected chi connectivity index (χ3v) is 1.72. The summed E-state index contributed by atoms with van der Waals surface area (Å²) in [5.41, 5.74) is 0.384. The number of fused-ring (bicyclic) bond motifs is 1. The number of carbonyl (C=O) groups is 2. The van der Waals surface area contributed by atoms with E-state index in [0.717, 1.165) is 0 Å². The number of hydrogen-bond acceptors (Lipinski definition) is 4. The lowest BCUT2D eigenvalue weighted by molar-refractivity contribution is -0.150. The van der Waals surface area contributed by atoms with E-state index >= 15 is 0 Å². The van der Waals surface area contributed by atoms with Gasteiger partial charge in [-0.05, 0) is 12.1 Å². The van der Waals surface area contributed by atoms with Crippen LogP contribution in [-0.2, 0) is 9.59 Å². The van der Waals surface area contributed by atoms with Gasteiger partial charge < -0.3 is 15.2 Å². The minimum atomic E-state index is -1.52. The topological polar surface area (TPSA) is 88.5 Å². The van der Waals surface area contributed by atoms with Crippen LogP contribution in [0.1, 0.15) is 0 Å². The SMILES string of the molecule is O=C(O)[C@@H]1Oc2ncccc2NC1=O. The van der Waals surface area contributed by atoms with Crippen LogP contribution in [0.5, 0.6) is 5.88 Å². The predicted octanol–water partition coefficient (Wildman–Crippen LogP) is -0.134. The molecule has 14 heavy (non-hydrogen) atoms. The Bertz CT molecular complexity index is 404. The minimum absolute atomic E-state index is 0.125. The molecule has 0 spiro atoms. The van der Waals surface area contributed by atoms with Gasteiger partial charge in [-0.1, -0.05) is 0 Å². The second-order valence-corrected chi connectivity index (χ2v) is 2.68. The predicted molar refractivity (Wildman–Crippen MR) is 44.9 cm³/mol. The number of nitrogens with one attached hydrogen (secondary N) is 1. The Morgan fingerprint density at radius 3 is 3.14 bits per heavy atom. The molecule has 0 saturated carbocycles. The maximum Gasteiger partial charge on any atom is 0.355 e. The monoisotopic (exact) mass is 194 g/mol. The van der Waals surface area contributed by atoms with Crippen LogP contribution in [0.2, 0.25) is 0 Å². The summed E-state index contributed by atoms with van der Waals surface area (Å²) in [7, 11) is 0. The van der Waals surface area contributed by atoms with Gasteiger partial charge in [0.2, 0.25) is 5.88 Å². The summed E-state index contributed by atoms with van der Waals surface area (Å²) in [4.78, 5) is 25.5. The van der Waals surface area contributed by atoms with Gasteiger partial charge in [-0.3, -0.25) is 4.79 Å². The highest BCUT2D eigenvalue weighted by molar-refractivity contribution is 6.08. The number of aliphatic carboxylic acids is 1. The standard InChI is InChI=1S/C8H6N2O4/c11-6-5(8(12)13)14-7-4(10-6)2-1-3-9-7/h1-3,5H,(H,10,11)(H,12,13)/t5-/m1/s1. The number of hydrogen-bond donors (Lipinski definition) is 2.